The molecule has 0 bridgehead atoms. The van der Waals surface area contributed by atoms with Crippen molar-refractivity contribution >= 4 is 11.9 Å². The molecule has 24 heavy (non-hydrogen) atoms. The molecule has 2 aliphatic heterocycles. The monoisotopic (exact) mass is 331 g/mol. The van der Waals surface area contributed by atoms with E-state index in [1.54, 1.807) is 6.20 Å². The summed E-state index contributed by atoms with van der Waals surface area (Å²) >= 11 is 0. The first-order chi connectivity index (χ1) is 11.5. The van der Waals surface area contributed by atoms with Gasteiger partial charge in [-0.2, -0.15) is 5.10 Å². The first-order valence-electron chi connectivity index (χ1n) is 8.97. The molecule has 1 aliphatic carbocycles. The van der Waals surface area contributed by atoms with Gasteiger partial charge >= 0.3 is 6.03 Å². The molecule has 3 amide bonds. The van der Waals surface area contributed by atoms with Crippen LogP contribution in [0.5, 0.6) is 0 Å². The molecule has 1 aromatic rings. The van der Waals surface area contributed by atoms with Crippen molar-refractivity contribution in [1.29, 1.82) is 0 Å². The third-order valence-electron chi connectivity index (χ3n) is 5.62. The number of amides is 3. The molecule has 2 atom stereocenters. The quantitative estimate of drug-likeness (QED) is 0.915. The summed E-state index contributed by atoms with van der Waals surface area (Å²) in [5.74, 6) is 0.0243. The van der Waals surface area contributed by atoms with Crippen LogP contribution in [0.4, 0.5) is 4.79 Å². The molecule has 3 aliphatic rings. The number of aromatic nitrogens is 2. The molecule has 130 valence electrons. The Balaban J connectivity index is 1.44. The Morgan fingerprint density at radius 3 is 2.79 bits per heavy atom. The Morgan fingerprint density at radius 2 is 2.12 bits per heavy atom. The van der Waals surface area contributed by atoms with Crippen molar-refractivity contribution in [3.05, 3.63) is 18.0 Å². The average Bonchev–Trinajstić information content (AvgIpc) is 3.07. The zero-order valence-electron chi connectivity index (χ0n) is 14.3. The van der Waals surface area contributed by atoms with Crippen molar-refractivity contribution < 1.29 is 9.59 Å². The van der Waals surface area contributed by atoms with E-state index >= 15 is 0 Å². The molecule has 1 saturated carbocycles. The Morgan fingerprint density at radius 1 is 1.33 bits per heavy atom. The zero-order valence-corrected chi connectivity index (χ0v) is 14.3. The summed E-state index contributed by atoms with van der Waals surface area (Å²) < 4.78 is 1.93. The van der Waals surface area contributed by atoms with E-state index < -0.39 is 0 Å². The number of rotatable bonds is 3. The van der Waals surface area contributed by atoms with E-state index in [9.17, 15) is 9.59 Å². The smallest absolute Gasteiger partial charge is 0.318 e. The number of fused-ring (bicyclic) bond motifs is 1. The molecule has 0 radical (unpaired) electrons. The number of urea groups is 1. The second-order valence-corrected chi connectivity index (χ2v) is 7.46. The highest BCUT2D eigenvalue weighted by atomic mass is 16.2. The number of carbonyl (C=O) groups is 2. The topological polar surface area (TPSA) is 70.5 Å². The van der Waals surface area contributed by atoms with Gasteiger partial charge in [-0.15, -0.1) is 0 Å². The summed E-state index contributed by atoms with van der Waals surface area (Å²) in [4.78, 5) is 28.7. The van der Waals surface area contributed by atoms with Gasteiger partial charge in [0.15, 0.2) is 0 Å². The number of carbonyl (C=O) groups excluding carboxylic acids is 2. The Kier molecular flexibility index (Phi) is 3.73. The fourth-order valence-electron chi connectivity index (χ4n) is 4.08. The Hall–Kier alpha value is -2.05. The van der Waals surface area contributed by atoms with E-state index in [1.165, 1.54) is 6.42 Å². The van der Waals surface area contributed by atoms with Gasteiger partial charge in [-0.05, 0) is 39.5 Å². The van der Waals surface area contributed by atoms with Crippen LogP contribution in [-0.2, 0) is 0 Å². The van der Waals surface area contributed by atoms with Gasteiger partial charge in [0.25, 0.3) is 5.91 Å². The van der Waals surface area contributed by atoms with Crippen molar-refractivity contribution in [3.8, 4) is 0 Å². The molecule has 2 saturated heterocycles. The lowest BCUT2D eigenvalue weighted by Crippen LogP contribution is -2.53. The van der Waals surface area contributed by atoms with Crippen molar-refractivity contribution in [2.24, 2.45) is 0 Å². The van der Waals surface area contributed by atoms with Gasteiger partial charge in [0.2, 0.25) is 0 Å². The van der Waals surface area contributed by atoms with E-state index in [-0.39, 0.29) is 30.1 Å². The second kappa shape index (κ2) is 5.79. The minimum Gasteiger partial charge on any atom is -0.336 e. The number of hydrogen-bond acceptors (Lipinski definition) is 3. The number of piperidine rings is 1. The summed E-state index contributed by atoms with van der Waals surface area (Å²) in [5, 5.41) is 7.40. The third-order valence-corrected chi connectivity index (χ3v) is 5.62. The molecule has 7 heteroatoms. The van der Waals surface area contributed by atoms with Gasteiger partial charge in [-0.1, -0.05) is 0 Å². The summed E-state index contributed by atoms with van der Waals surface area (Å²) in [5.41, 5.74) is 0.658. The molecule has 1 aromatic heterocycles. The van der Waals surface area contributed by atoms with E-state index in [2.05, 4.69) is 10.4 Å². The highest BCUT2D eigenvalue weighted by Gasteiger charge is 2.44. The van der Waals surface area contributed by atoms with Crippen LogP contribution in [0.25, 0.3) is 0 Å². The summed E-state index contributed by atoms with van der Waals surface area (Å²) in [6, 6.07) is 0.861. The van der Waals surface area contributed by atoms with Gasteiger partial charge in [0.1, 0.15) is 0 Å². The minimum absolute atomic E-state index is 0.00731. The van der Waals surface area contributed by atoms with E-state index in [0.29, 0.717) is 24.7 Å². The predicted molar refractivity (Wildman–Crippen MR) is 88.7 cm³/mol. The van der Waals surface area contributed by atoms with Crippen molar-refractivity contribution in [2.75, 3.05) is 13.1 Å². The molecule has 7 nitrogen and oxygen atoms in total. The van der Waals surface area contributed by atoms with Gasteiger partial charge in [-0.25, -0.2) is 4.79 Å². The lowest BCUT2D eigenvalue weighted by Gasteiger charge is -2.37. The summed E-state index contributed by atoms with van der Waals surface area (Å²) in [6.45, 7) is 5.34. The second-order valence-electron chi connectivity index (χ2n) is 7.46. The fourth-order valence-corrected chi connectivity index (χ4v) is 4.08. The maximum absolute atomic E-state index is 12.8. The summed E-state index contributed by atoms with van der Waals surface area (Å²) in [7, 11) is 0. The van der Waals surface area contributed by atoms with Crippen molar-refractivity contribution in [3.63, 3.8) is 0 Å². The number of hydrogen-bond donors (Lipinski definition) is 1. The number of nitrogens with one attached hydrogen (secondary N) is 1. The standard InChI is InChI=1S/C17H25N5O2/c1-11(2)22-15-6-7-20(10-14(15)19-17(22)24)16(23)12-8-18-21(9-12)13-4-3-5-13/h8-9,11,13-15H,3-7,10H2,1-2H3,(H,19,24)/t14-,15+/m1/s1. The minimum atomic E-state index is -0.00731. The third kappa shape index (κ3) is 2.46. The van der Waals surface area contributed by atoms with Crippen LogP contribution < -0.4 is 5.32 Å². The molecule has 3 heterocycles. The van der Waals surface area contributed by atoms with Gasteiger partial charge < -0.3 is 15.1 Å². The molecule has 3 fully saturated rings. The highest BCUT2D eigenvalue weighted by molar-refractivity contribution is 5.94. The Labute approximate surface area is 142 Å². The molecular formula is C17H25N5O2. The SMILES string of the molecule is CC(C)N1C(=O)N[C@@H]2CN(C(=O)c3cnn(C4CCC4)c3)CC[C@@H]21. The van der Waals surface area contributed by atoms with Crippen molar-refractivity contribution in [2.45, 2.75) is 63.7 Å². The van der Waals surface area contributed by atoms with Crippen LogP contribution in [0.15, 0.2) is 12.4 Å². The molecule has 4 rings (SSSR count). The van der Waals surface area contributed by atoms with Crippen LogP contribution in [0.2, 0.25) is 0 Å². The highest BCUT2D eigenvalue weighted by Crippen LogP contribution is 2.31. The van der Waals surface area contributed by atoms with Crippen molar-refractivity contribution in [1.82, 2.24) is 24.9 Å². The molecule has 0 unspecified atom stereocenters. The summed E-state index contributed by atoms with van der Waals surface area (Å²) in [6.07, 6.45) is 7.94. The average molecular weight is 331 g/mol. The van der Waals surface area contributed by atoms with Crippen LogP contribution in [-0.4, -0.2) is 62.7 Å². The van der Waals surface area contributed by atoms with E-state index in [4.69, 9.17) is 0 Å². The van der Waals surface area contributed by atoms with E-state index in [1.807, 2.05) is 34.5 Å². The zero-order chi connectivity index (χ0) is 16.8. The molecule has 0 aromatic carbocycles. The molecule has 1 N–H and O–H groups in total. The van der Waals surface area contributed by atoms with Gasteiger partial charge in [-0.3, -0.25) is 9.48 Å². The van der Waals surface area contributed by atoms with Crippen LogP contribution in [0.3, 0.4) is 0 Å². The van der Waals surface area contributed by atoms with Gasteiger partial charge in [0.05, 0.1) is 29.9 Å². The maximum atomic E-state index is 12.8. The normalized spacial score (nSPS) is 27.2. The lowest BCUT2D eigenvalue weighted by atomic mass is 9.93. The first-order valence-corrected chi connectivity index (χ1v) is 8.97. The van der Waals surface area contributed by atoms with Crippen LogP contribution in [0.1, 0.15) is 55.9 Å². The maximum Gasteiger partial charge on any atom is 0.318 e. The Bertz CT molecular complexity index is 651. The number of nitrogens with zero attached hydrogens (tertiary/aromatic N) is 4. The molecule has 0 spiro atoms. The van der Waals surface area contributed by atoms with Crippen LogP contribution in [0, 0.1) is 0 Å². The largest absolute Gasteiger partial charge is 0.336 e. The van der Waals surface area contributed by atoms with Crippen LogP contribution >= 0.6 is 0 Å². The number of likely N-dealkylation sites (tertiary alicyclic amines) is 1. The fraction of sp³-hybridized carbons (Fsp3) is 0.706. The molecular weight excluding hydrogens is 306 g/mol. The van der Waals surface area contributed by atoms with E-state index in [0.717, 1.165) is 19.3 Å². The lowest BCUT2D eigenvalue weighted by molar-refractivity contribution is 0.0644. The predicted octanol–water partition coefficient (Wildman–Crippen LogP) is 1.62. The van der Waals surface area contributed by atoms with Gasteiger partial charge in [0, 0.05) is 25.3 Å². The first kappa shape index (κ1) is 15.5.